The summed E-state index contributed by atoms with van der Waals surface area (Å²) in [5.74, 6) is 1.31. The Morgan fingerprint density at radius 2 is 2.21 bits per heavy atom. The van der Waals surface area contributed by atoms with Crippen LogP contribution in [0.15, 0.2) is 0 Å². The molecule has 2 heteroatoms. The molecule has 2 aliphatic rings. The first-order valence-corrected chi connectivity index (χ1v) is 6.13. The largest absolute Gasteiger partial charge is 0.375 e. The van der Waals surface area contributed by atoms with Crippen LogP contribution in [0.25, 0.3) is 0 Å². The average molecular weight is 197 g/mol. The Hall–Kier alpha value is -0.0800. The first-order valence-electron chi connectivity index (χ1n) is 6.13. The van der Waals surface area contributed by atoms with Crippen molar-refractivity contribution in [3.05, 3.63) is 0 Å². The fourth-order valence-electron chi connectivity index (χ4n) is 3.15. The fraction of sp³-hybridized carbons (Fsp3) is 1.00. The highest BCUT2D eigenvalue weighted by Crippen LogP contribution is 2.41. The quantitative estimate of drug-likeness (QED) is 0.750. The molecule has 0 spiro atoms. The minimum Gasteiger partial charge on any atom is -0.375 e. The van der Waals surface area contributed by atoms with E-state index in [9.17, 15) is 0 Å². The van der Waals surface area contributed by atoms with Gasteiger partial charge in [-0.15, -0.1) is 0 Å². The summed E-state index contributed by atoms with van der Waals surface area (Å²) in [6.07, 6.45) is 7.29. The zero-order valence-electron chi connectivity index (χ0n) is 9.41. The topological polar surface area (TPSA) is 35.2 Å². The maximum atomic E-state index is 6.32. The molecule has 82 valence electrons. The van der Waals surface area contributed by atoms with Gasteiger partial charge in [-0.05, 0) is 31.6 Å². The van der Waals surface area contributed by atoms with Crippen molar-refractivity contribution in [1.82, 2.24) is 0 Å². The van der Waals surface area contributed by atoms with Crippen LogP contribution in [0, 0.1) is 11.8 Å². The van der Waals surface area contributed by atoms with Gasteiger partial charge in [0.05, 0.1) is 12.2 Å². The lowest BCUT2D eigenvalue weighted by molar-refractivity contribution is 0.0841. The standard InChI is InChI=1S/C12H23NO/c1-3-4-8(2)12(13)10-7-9-5-6-11(10)14-9/h8-12H,3-7,13H2,1-2H3. The molecule has 2 N–H and O–H groups in total. The van der Waals surface area contributed by atoms with Gasteiger partial charge in [-0.1, -0.05) is 20.3 Å². The van der Waals surface area contributed by atoms with E-state index in [4.69, 9.17) is 10.5 Å². The molecule has 0 saturated carbocycles. The van der Waals surface area contributed by atoms with Crippen LogP contribution in [0.2, 0.25) is 0 Å². The third-order valence-corrected chi connectivity index (χ3v) is 4.05. The van der Waals surface area contributed by atoms with Gasteiger partial charge in [0, 0.05) is 12.0 Å². The summed E-state index contributed by atoms with van der Waals surface area (Å²) in [5.41, 5.74) is 6.32. The average Bonchev–Trinajstić information content (AvgIpc) is 2.77. The van der Waals surface area contributed by atoms with Crippen LogP contribution in [0.3, 0.4) is 0 Å². The van der Waals surface area contributed by atoms with Gasteiger partial charge in [0.15, 0.2) is 0 Å². The van der Waals surface area contributed by atoms with Gasteiger partial charge in [0.25, 0.3) is 0 Å². The van der Waals surface area contributed by atoms with E-state index < -0.39 is 0 Å². The highest BCUT2D eigenvalue weighted by Gasteiger charge is 2.44. The van der Waals surface area contributed by atoms with E-state index in [0.717, 1.165) is 0 Å². The molecule has 2 heterocycles. The molecule has 0 aromatic rings. The van der Waals surface area contributed by atoms with Gasteiger partial charge in [-0.2, -0.15) is 0 Å². The lowest BCUT2D eigenvalue weighted by atomic mass is 9.78. The minimum atomic E-state index is 0.366. The number of ether oxygens (including phenoxy) is 1. The van der Waals surface area contributed by atoms with Crippen molar-refractivity contribution in [2.24, 2.45) is 17.6 Å². The van der Waals surface area contributed by atoms with Crippen molar-refractivity contribution in [2.75, 3.05) is 0 Å². The van der Waals surface area contributed by atoms with E-state index in [2.05, 4.69) is 13.8 Å². The first kappa shape index (κ1) is 10.4. The van der Waals surface area contributed by atoms with Crippen molar-refractivity contribution in [3.63, 3.8) is 0 Å². The van der Waals surface area contributed by atoms with Crippen LogP contribution in [0.4, 0.5) is 0 Å². The number of hydrogen-bond donors (Lipinski definition) is 1. The Balaban J connectivity index is 1.89. The molecule has 2 nitrogen and oxygen atoms in total. The van der Waals surface area contributed by atoms with E-state index in [-0.39, 0.29) is 0 Å². The molecule has 2 fully saturated rings. The number of nitrogens with two attached hydrogens (primary N) is 1. The summed E-state index contributed by atoms with van der Waals surface area (Å²) in [7, 11) is 0. The van der Waals surface area contributed by atoms with Gasteiger partial charge in [0.1, 0.15) is 0 Å². The molecule has 0 aromatic carbocycles. The summed E-state index contributed by atoms with van der Waals surface area (Å²) in [6.45, 7) is 4.53. The van der Waals surface area contributed by atoms with E-state index in [1.54, 1.807) is 0 Å². The summed E-state index contributed by atoms with van der Waals surface area (Å²) >= 11 is 0. The molecule has 0 radical (unpaired) electrons. The number of hydrogen-bond acceptors (Lipinski definition) is 2. The second kappa shape index (κ2) is 4.19. The summed E-state index contributed by atoms with van der Waals surface area (Å²) < 4.78 is 5.85. The molecule has 0 aliphatic carbocycles. The third kappa shape index (κ3) is 1.82. The smallest absolute Gasteiger partial charge is 0.0623 e. The molecule has 2 rings (SSSR count). The molecule has 14 heavy (non-hydrogen) atoms. The Morgan fingerprint density at radius 1 is 1.43 bits per heavy atom. The molecule has 0 amide bonds. The molecule has 5 atom stereocenters. The number of rotatable bonds is 4. The van der Waals surface area contributed by atoms with E-state index >= 15 is 0 Å². The van der Waals surface area contributed by atoms with Gasteiger partial charge < -0.3 is 10.5 Å². The predicted octanol–water partition coefficient (Wildman–Crippen LogP) is 2.32. The maximum Gasteiger partial charge on any atom is 0.0623 e. The minimum absolute atomic E-state index is 0.366. The number of fused-ring (bicyclic) bond motifs is 2. The summed E-state index contributed by atoms with van der Waals surface area (Å²) in [4.78, 5) is 0. The summed E-state index contributed by atoms with van der Waals surface area (Å²) in [6, 6.07) is 0.366. The Kier molecular flexibility index (Phi) is 3.13. The van der Waals surface area contributed by atoms with Crippen molar-refractivity contribution >= 4 is 0 Å². The SMILES string of the molecule is CCCC(C)C(N)C1CC2CCC1O2. The van der Waals surface area contributed by atoms with Crippen LogP contribution in [0.1, 0.15) is 46.0 Å². The second-order valence-corrected chi connectivity index (χ2v) is 5.12. The van der Waals surface area contributed by atoms with Crippen molar-refractivity contribution < 1.29 is 4.74 Å². The van der Waals surface area contributed by atoms with E-state index in [1.165, 1.54) is 32.1 Å². The lowest BCUT2D eigenvalue weighted by Gasteiger charge is -2.29. The maximum absolute atomic E-state index is 6.32. The molecular formula is C12H23NO. The Morgan fingerprint density at radius 3 is 2.71 bits per heavy atom. The lowest BCUT2D eigenvalue weighted by Crippen LogP contribution is -2.41. The van der Waals surface area contributed by atoms with Gasteiger partial charge in [-0.3, -0.25) is 0 Å². The van der Waals surface area contributed by atoms with Crippen LogP contribution in [-0.4, -0.2) is 18.2 Å². The molecular weight excluding hydrogens is 174 g/mol. The monoisotopic (exact) mass is 197 g/mol. The fourth-order valence-corrected chi connectivity index (χ4v) is 3.15. The molecule has 2 saturated heterocycles. The Bertz CT molecular complexity index is 195. The normalized spacial score (nSPS) is 40.1. The Labute approximate surface area is 87.2 Å². The molecule has 5 unspecified atom stereocenters. The molecule has 2 aliphatic heterocycles. The zero-order chi connectivity index (χ0) is 10.1. The van der Waals surface area contributed by atoms with Crippen molar-refractivity contribution in [2.45, 2.75) is 64.2 Å². The van der Waals surface area contributed by atoms with Gasteiger partial charge >= 0.3 is 0 Å². The van der Waals surface area contributed by atoms with Gasteiger partial charge in [0.2, 0.25) is 0 Å². The van der Waals surface area contributed by atoms with Crippen LogP contribution in [0.5, 0.6) is 0 Å². The zero-order valence-corrected chi connectivity index (χ0v) is 9.41. The third-order valence-electron chi connectivity index (χ3n) is 4.05. The van der Waals surface area contributed by atoms with Gasteiger partial charge in [-0.25, -0.2) is 0 Å². The summed E-state index contributed by atoms with van der Waals surface area (Å²) in [5, 5.41) is 0. The van der Waals surface area contributed by atoms with E-state index in [0.29, 0.717) is 30.1 Å². The highest BCUT2D eigenvalue weighted by atomic mass is 16.5. The molecule has 0 aromatic heterocycles. The van der Waals surface area contributed by atoms with Crippen molar-refractivity contribution in [1.29, 1.82) is 0 Å². The second-order valence-electron chi connectivity index (χ2n) is 5.12. The van der Waals surface area contributed by atoms with Crippen LogP contribution >= 0.6 is 0 Å². The van der Waals surface area contributed by atoms with Crippen molar-refractivity contribution in [3.8, 4) is 0 Å². The van der Waals surface area contributed by atoms with E-state index in [1.807, 2.05) is 0 Å². The first-order chi connectivity index (χ1) is 6.72. The molecule has 2 bridgehead atoms. The van der Waals surface area contributed by atoms with Crippen LogP contribution in [-0.2, 0) is 4.74 Å². The highest BCUT2D eigenvalue weighted by molar-refractivity contribution is 4.95. The van der Waals surface area contributed by atoms with Crippen LogP contribution < -0.4 is 5.73 Å². The predicted molar refractivity (Wildman–Crippen MR) is 58.0 cm³/mol.